The fourth-order valence-corrected chi connectivity index (χ4v) is 3.16. The van der Waals surface area contributed by atoms with Crippen LogP contribution in [0, 0.1) is 5.82 Å². The molecule has 0 unspecified atom stereocenters. The second-order valence-electron chi connectivity index (χ2n) is 5.84. The van der Waals surface area contributed by atoms with Crippen LogP contribution in [0.2, 0.25) is 0 Å². The molecule has 0 N–H and O–H groups in total. The van der Waals surface area contributed by atoms with Crippen molar-refractivity contribution in [1.82, 2.24) is 19.8 Å². The van der Waals surface area contributed by atoms with E-state index in [9.17, 15) is 9.18 Å². The number of hydrogen-bond acceptors (Lipinski definition) is 6. The lowest BCUT2D eigenvalue weighted by Gasteiger charge is -2.23. The molecule has 0 aliphatic carbocycles. The third-order valence-electron chi connectivity index (χ3n) is 4.38. The number of anilines is 1. The maximum absolute atomic E-state index is 14.1. The molecule has 1 atom stereocenters. The normalized spacial score (nSPS) is 17.2. The molecular weight excluding hydrogens is 325 g/mol. The maximum atomic E-state index is 14.1. The van der Waals surface area contributed by atoms with Gasteiger partial charge in [0.2, 0.25) is 0 Å². The molecule has 0 amide bonds. The number of rotatable bonds is 3. The van der Waals surface area contributed by atoms with Crippen LogP contribution < -0.4 is 4.90 Å². The molecular formula is C17H16FN5O2. The van der Waals surface area contributed by atoms with Crippen LogP contribution in [0.3, 0.4) is 0 Å². The number of hydrogen-bond donors (Lipinski definition) is 0. The Labute approximate surface area is 143 Å². The number of carbonyl (C=O) groups is 1. The molecule has 0 radical (unpaired) electrons. The summed E-state index contributed by atoms with van der Waals surface area (Å²) in [5, 5.41) is 12.7. The molecule has 0 spiro atoms. The van der Waals surface area contributed by atoms with Gasteiger partial charge in [-0.05, 0) is 37.1 Å². The molecule has 1 aliphatic rings. The first-order valence-electron chi connectivity index (χ1n) is 8.01. The molecule has 1 saturated heterocycles. The van der Waals surface area contributed by atoms with Crippen molar-refractivity contribution in [2.24, 2.45) is 0 Å². The predicted octanol–water partition coefficient (Wildman–Crippen LogP) is 2.07. The third-order valence-corrected chi connectivity index (χ3v) is 4.38. The van der Waals surface area contributed by atoms with E-state index < -0.39 is 5.82 Å². The van der Waals surface area contributed by atoms with Crippen LogP contribution in [-0.4, -0.2) is 45.5 Å². The minimum atomic E-state index is -0.391. The van der Waals surface area contributed by atoms with E-state index in [-0.39, 0.29) is 12.0 Å². The Bertz CT molecular complexity index is 942. The number of fused-ring (bicyclic) bond motifs is 1. The average Bonchev–Trinajstić information content (AvgIpc) is 3.28. The van der Waals surface area contributed by atoms with Crippen molar-refractivity contribution < 1.29 is 13.9 Å². The minimum Gasteiger partial charge on any atom is -0.467 e. The van der Waals surface area contributed by atoms with E-state index in [0.717, 1.165) is 12.8 Å². The van der Waals surface area contributed by atoms with Gasteiger partial charge in [0.05, 0.1) is 12.7 Å². The van der Waals surface area contributed by atoms with Crippen molar-refractivity contribution in [2.45, 2.75) is 18.9 Å². The van der Waals surface area contributed by atoms with Crippen molar-refractivity contribution >= 4 is 17.4 Å². The number of aromatic nitrogens is 4. The Hall–Kier alpha value is -3.03. The molecule has 3 heterocycles. The number of methoxy groups -OCH3 is 1. The quantitative estimate of drug-likeness (QED) is 0.679. The Balaban J connectivity index is 1.79. The Kier molecular flexibility index (Phi) is 3.79. The van der Waals surface area contributed by atoms with Gasteiger partial charge in [0.25, 0.3) is 0 Å². The van der Waals surface area contributed by atoms with Crippen molar-refractivity contribution in [3.63, 3.8) is 0 Å². The lowest BCUT2D eigenvalue weighted by Crippen LogP contribution is -2.37. The number of esters is 1. The van der Waals surface area contributed by atoms with Gasteiger partial charge >= 0.3 is 5.97 Å². The molecule has 1 aromatic carbocycles. The van der Waals surface area contributed by atoms with E-state index in [4.69, 9.17) is 4.74 Å². The lowest BCUT2D eigenvalue weighted by molar-refractivity contribution is -0.141. The lowest BCUT2D eigenvalue weighted by atomic mass is 10.2. The highest BCUT2D eigenvalue weighted by molar-refractivity contribution is 5.80. The van der Waals surface area contributed by atoms with Gasteiger partial charge in [-0.2, -0.15) is 4.52 Å². The molecule has 3 aromatic rings. The number of nitrogens with zero attached hydrogens (tertiary/aromatic N) is 5. The standard InChI is InChI=1S/C17H16FN5O2/c1-25-17(24)13-7-4-10-22(13)15-9-8-14-19-20-16(23(14)21-15)11-5-2-3-6-12(11)18/h2-3,5-6,8-9,13H,4,7,10H2,1H3/t13-/m1/s1. The van der Waals surface area contributed by atoms with Crippen LogP contribution in [0.25, 0.3) is 17.0 Å². The second kappa shape index (κ2) is 6.12. The summed E-state index contributed by atoms with van der Waals surface area (Å²) in [7, 11) is 1.38. The highest BCUT2D eigenvalue weighted by Crippen LogP contribution is 2.26. The van der Waals surface area contributed by atoms with Gasteiger partial charge in [0, 0.05) is 6.54 Å². The zero-order valence-electron chi connectivity index (χ0n) is 13.6. The first-order chi connectivity index (χ1) is 12.2. The van der Waals surface area contributed by atoms with Gasteiger partial charge < -0.3 is 9.64 Å². The fraction of sp³-hybridized carbons (Fsp3) is 0.294. The summed E-state index contributed by atoms with van der Waals surface area (Å²) in [4.78, 5) is 13.9. The number of benzene rings is 1. The smallest absolute Gasteiger partial charge is 0.328 e. The van der Waals surface area contributed by atoms with Gasteiger partial charge in [-0.15, -0.1) is 15.3 Å². The Morgan fingerprint density at radius 3 is 2.88 bits per heavy atom. The molecule has 25 heavy (non-hydrogen) atoms. The van der Waals surface area contributed by atoms with Crippen molar-refractivity contribution in [1.29, 1.82) is 0 Å². The highest BCUT2D eigenvalue weighted by atomic mass is 19.1. The van der Waals surface area contributed by atoms with Crippen LogP contribution in [0.15, 0.2) is 36.4 Å². The van der Waals surface area contributed by atoms with E-state index in [2.05, 4.69) is 15.3 Å². The van der Waals surface area contributed by atoms with E-state index in [0.29, 0.717) is 29.4 Å². The van der Waals surface area contributed by atoms with Crippen molar-refractivity contribution in [2.75, 3.05) is 18.6 Å². The monoisotopic (exact) mass is 341 g/mol. The molecule has 0 bridgehead atoms. The summed E-state index contributed by atoms with van der Waals surface area (Å²) in [6, 6.07) is 9.54. The SMILES string of the molecule is COC(=O)[C@H]1CCCN1c1ccc2nnc(-c3ccccc3F)n2n1. The number of carbonyl (C=O) groups excluding carboxylic acids is 1. The highest BCUT2D eigenvalue weighted by Gasteiger charge is 2.32. The van der Waals surface area contributed by atoms with Gasteiger partial charge in [-0.3, -0.25) is 0 Å². The summed E-state index contributed by atoms with van der Waals surface area (Å²) in [5.74, 6) is 0.261. The summed E-state index contributed by atoms with van der Waals surface area (Å²) >= 11 is 0. The van der Waals surface area contributed by atoms with Gasteiger partial charge in [0.1, 0.15) is 17.7 Å². The fourth-order valence-electron chi connectivity index (χ4n) is 3.16. The molecule has 0 saturated carbocycles. The molecule has 7 nitrogen and oxygen atoms in total. The first kappa shape index (κ1) is 15.5. The van der Waals surface area contributed by atoms with E-state index in [1.54, 1.807) is 30.3 Å². The Morgan fingerprint density at radius 2 is 2.08 bits per heavy atom. The van der Waals surface area contributed by atoms with Crippen LogP contribution in [0.5, 0.6) is 0 Å². The van der Waals surface area contributed by atoms with Gasteiger partial charge in [-0.25, -0.2) is 9.18 Å². The molecule has 1 aliphatic heterocycles. The molecule has 4 rings (SSSR count). The number of ether oxygens (including phenoxy) is 1. The van der Waals surface area contributed by atoms with Crippen LogP contribution in [0.1, 0.15) is 12.8 Å². The summed E-state index contributed by atoms with van der Waals surface area (Å²) in [6.45, 7) is 0.704. The van der Waals surface area contributed by atoms with Crippen molar-refractivity contribution in [3.05, 3.63) is 42.2 Å². The van der Waals surface area contributed by atoms with Crippen LogP contribution in [-0.2, 0) is 9.53 Å². The molecule has 2 aromatic heterocycles. The average molecular weight is 341 g/mol. The summed E-state index contributed by atoms with van der Waals surface area (Å²) in [6.07, 6.45) is 1.59. The second-order valence-corrected chi connectivity index (χ2v) is 5.84. The molecule has 1 fully saturated rings. The van der Waals surface area contributed by atoms with Crippen LogP contribution >= 0.6 is 0 Å². The summed E-state index contributed by atoms with van der Waals surface area (Å²) in [5.41, 5.74) is 0.835. The zero-order chi connectivity index (χ0) is 17.4. The van der Waals surface area contributed by atoms with E-state index in [1.807, 2.05) is 4.90 Å². The van der Waals surface area contributed by atoms with Crippen molar-refractivity contribution in [3.8, 4) is 11.4 Å². The molecule has 128 valence electrons. The molecule has 8 heteroatoms. The zero-order valence-corrected chi connectivity index (χ0v) is 13.6. The predicted molar refractivity (Wildman–Crippen MR) is 88.6 cm³/mol. The summed E-state index contributed by atoms with van der Waals surface area (Å²) < 4.78 is 20.5. The third kappa shape index (κ3) is 2.59. The minimum absolute atomic E-state index is 0.280. The number of halogens is 1. The Morgan fingerprint density at radius 1 is 1.24 bits per heavy atom. The van der Waals surface area contributed by atoms with Gasteiger partial charge in [-0.1, -0.05) is 12.1 Å². The van der Waals surface area contributed by atoms with Gasteiger partial charge in [0.15, 0.2) is 11.5 Å². The van der Waals surface area contributed by atoms with E-state index >= 15 is 0 Å². The van der Waals surface area contributed by atoms with Crippen LogP contribution in [0.4, 0.5) is 10.2 Å². The first-order valence-corrected chi connectivity index (χ1v) is 8.01. The maximum Gasteiger partial charge on any atom is 0.328 e. The van der Waals surface area contributed by atoms with E-state index in [1.165, 1.54) is 17.7 Å². The topological polar surface area (TPSA) is 72.6 Å². The largest absolute Gasteiger partial charge is 0.467 e.